The van der Waals surface area contributed by atoms with Crippen LogP contribution in [0.3, 0.4) is 0 Å². The monoisotopic (exact) mass is 577 g/mol. The fourth-order valence-electron chi connectivity index (χ4n) is 7.12. The van der Waals surface area contributed by atoms with Gasteiger partial charge in [-0.25, -0.2) is 9.97 Å². The maximum Gasteiger partial charge on any atom is 0.235 e. The fourth-order valence-corrected chi connectivity index (χ4v) is 8.24. The number of benzene rings is 6. The molecule has 9 aromatic rings. The summed E-state index contributed by atoms with van der Waals surface area (Å²) >= 11 is 1.84. The van der Waals surface area contributed by atoms with Crippen LogP contribution in [-0.4, -0.2) is 14.5 Å². The van der Waals surface area contributed by atoms with Crippen LogP contribution in [-0.2, 0) is 0 Å². The number of hydrogen-bond donors (Lipinski definition) is 0. The molecule has 1 aliphatic carbocycles. The highest BCUT2D eigenvalue weighted by Crippen LogP contribution is 2.47. The summed E-state index contributed by atoms with van der Waals surface area (Å²) in [7, 11) is 0. The molecule has 0 bridgehead atoms. The maximum absolute atomic E-state index is 5.45. The van der Waals surface area contributed by atoms with Crippen LogP contribution < -0.4 is 0 Å². The van der Waals surface area contributed by atoms with Gasteiger partial charge in [-0.1, -0.05) is 109 Å². The van der Waals surface area contributed by atoms with E-state index >= 15 is 0 Å². The summed E-state index contributed by atoms with van der Waals surface area (Å²) in [6, 6.07) is 47.9. The zero-order chi connectivity index (χ0) is 28.8. The molecule has 0 spiro atoms. The summed E-state index contributed by atoms with van der Waals surface area (Å²) in [4.78, 5) is 10.6. The number of nitrogens with zero attached hydrogens (tertiary/aromatic N) is 3. The standard InChI is InChI=1S/C40H23N3S/c1-2-12-25-24(11-1)26-13-3-4-15-28(26)34-23-41-40(42-39(34)31-18-6-5-14-27(25)31)43-35-19-9-7-16-29(35)32-21-33-30-17-8-10-20-37(30)44-38(33)22-36(32)43/h1-23H. The molecule has 0 aliphatic heterocycles. The van der Waals surface area contributed by atoms with Gasteiger partial charge in [0.05, 0.1) is 16.7 Å². The second-order valence-corrected chi connectivity index (χ2v) is 12.5. The van der Waals surface area contributed by atoms with Crippen LogP contribution >= 0.6 is 11.3 Å². The third-order valence-electron chi connectivity index (χ3n) is 9.05. The molecule has 3 nitrogen and oxygen atoms in total. The molecule has 4 heteroatoms. The van der Waals surface area contributed by atoms with E-state index in [1.807, 2.05) is 17.5 Å². The second kappa shape index (κ2) is 8.96. The molecule has 0 saturated carbocycles. The zero-order valence-corrected chi connectivity index (χ0v) is 24.3. The molecule has 3 aromatic heterocycles. The molecule has 0 saturated heterocycles. The summed E-state index contributed by atoms with van der Waals surface area (Å²) in [5.74, 6) is 0.677. The van der Waals surface area contributed by atoms with Gasteiger partial charge < -0.3 is 0 Å². The number of rotatable bonds is 1. The van der Waals surface area contributed by atoms with Crippen molar-refractivity contribution in [3.8, 4) is 50.6 Å². The Morgan fingerprint density at radius 1 is 0.432 bits per heavy atom. The topological polar surface area (TPSA) is 30.7 Å². The lowest BCUT2D eigenvalue weighted by atomic mass is 9.83. The molecule has 0 amide bonds. The van der Waals surface area contributed by atoms with E-state index in [0.29, 0.717) is 5.95 Å². The first kappa shape index (κ1) is 23.9. The van der Waals surface area contributed by atoms with Gasteiger partial charge in [-0.05, 0) is 52.1 Å². The van der Waals surface area contributed by atoms with Crippen molar-refractivity contribution in [2.75, 3.05) is 0 Å². The molecule has 0 fully saturated rings. The minimum absolute atomic E-state index is 0.677. The molecular formula is C40H23N3S. The number of fused-ring (bicyclic) bond motifs is 14. The number of hydrogen-bond acceptors (Lipinski definition) is 3. The summed E-state index contributed by atoms with van der Waals surface area (Å²) in [6.45, 7) is 0. The van der Waals surface area contributed by atoms with Crippen molar-refractivity contribution in [3.63, 3.8) is 0 Å². The summed E-state index contributed by atoms with van der Waals surface area (Å²) < 4.78 is 4.82. The molecule has 10 rings (SSSR count). The normalized spacial score (nSPS) is 12.1. The van der Waals surface area contributed by atoms with E-state index in [9.17, 15) is 0 Å². The fraction of sp³-hybridized carbons (Fsp3) is 0. The van der Waals surface area contributed by atoms with Gasteiger partial charge in [-0.15, -0.1) is 11.3 Å². The van der Waals surface area contributed by atoms with Gasteiger partial charge in [0.1, 0.15) is 0 Å². The highest BCUT2D eigenvalue weighted by Gasteiger charge is 2.24. The van der Waals surface area contributed by atoms with Crippen LogP contribution in [0.2, 0.25) is 0 Å². The van der Waals surface area contributed by atoms with E-state index in [1.165, 1.54) is 53.2 Å². The third-order valence-corrected chi connectivity index (χ3v) is 10.2. The largest absolute Gasteiger partial charge is 0.278 e. The molecular weight excluding hydrogens is 555 g/mol. The van der Waals surface area contributed by atoms with Crippen LogP contribution in [0.15, 0.2) is 140 Å². The maximum atomic E-state index is 5.45. The molecule has 3 heterocycles. The lowest BCUT2D eigenvalue weighted by Gasteiger charge is -2.22. The van der Waals surface area contributed by atoms with Crippen LogP contribution in [0.1, 0.15) is 0 Å². The van der Waals surface area contributed by atoms with Crippen molar-refractivity contribution >= 4 is 53.3 Å². The Labute approximate surface area is 257 Å². The molecule has 0 N–H and O–H groups in total. The SMILES string of the molecule is c1ccc2c(c1)-c1ccccc1-c1cnc(-n3c4ccccc4c4cc5c(cc43)sc3ccccc35)nc1-c1ccccc1-2. The first-order chi connectivity index (χ1) is 21.8. The highest BCUT2D eigenvalue weighted by atomic mass is 32.1. The Bertz CT molecular complexity index is 2620. The van der Waals surface area contributed by atoms with Gasteiger partial charge in [0.25, 0.3) is 0 Å². The zero-order valence-electron chi connectivity index (χ0n) is 23.5. The van der Waals surface area contributed by atoms with Crippen LogP contribution in [0.25, 0.3) is 92.6 Å². The lowest BCUT2D eigenvalue weighted by Crippen LogP contribution is -2.05. The Balaban J connectivity index is 1.31. The molecule has 1 aliphatic rings. The average molecular weight is 578 g/mol. The highest BCUT2D eigenvalue weighted by molar-refractivity contribution is 7.25. The molecule has 0 unspecified atom stereocenters. The Morgan fingerprint density at radius 3 is 1.73 bits per heavy atom. The second-order valence-electron chi connectivity index (χ2n) is 11.4. The van der Waals surface area contributed by atoms with Gasteiger partial charge in [0, 0.05) is 48.3 Å². The molecule has 0 atom stereocenters. The Hall–Kier alpha value is -5.58. The summed E-state index contributed by atoms with van der Waals surface area (Å²) in [5.41, 5.74) is 11.3. The van der Waals surface area contributed by atoms with Gasteiger partial charge >= 0.3 is 0 Å². The van der Waals surface area contributed by atoms with Crippen molar-refractivity contribution in [2.45, 2.75) is 0 Å². The predicted molar refractivity (Wildman–Crippen MR) is 185 cm³/mol. The lowest BCUT2D eigenvalue weighted by molar-refractivity contribution is 0.994. The van der Waals surface area contributed by atoms with Crippen molar-refractivity contribution in [1.29, 1.82) is 0 Å². The van der Waals surface area contributed by atoms with Crippen LogP contribution in [0.4, 0.5) is 0 Å². The van der Waals surface area contributed by atoms with Gasteiger partial charge in [-0.2, -0.15) is 0 Å². The van der Waals surface area contributed by atoms with Gasteiger partial charge in [0.2, 0.25) is 5.95 Å². The van der Waals surface area contributed by atoms with Crippen molar-refractivity contribution < 1.29 is 0 Å². The molecule has 204 valence electrons. The minimum Gasteiger partial charge on any atom is -0.278 e. The van der Waals surface area contributed by atoms with Crippen LogP contribution in [0, 0.1) is 0 Å². The van der Waals surface area contributed by atoms with Crippen molar-refractivity contribution in [2.24, 2.45) is 0 Å². The van der Waals surface area contributed by atoms with Gasteiger partial charge in [-0.3, -0.25) is 4.57 Å². The minimum atomic E-state index is 0.677. The number of aromatic nitrogens is 3. The summed E-state index contributed by atoms with van der Waals surface area (Å²) in [6.07, 6.45) is 2.03. The first-order valence-electron chi connectivity index (χ1n) is 14.8. The molecule has 6 aromatic carbocycles. The first-order valence-corrected chi connectivity index (χ1v) is 15.7. The van der Waals surface area contributed by atoms with E-state index in [4.69, 9.17) is 9.97 Å². The van der Waals surface area contributed by atoms with Crippen LogP contribution in [0.5, 0.6) is 0 Å². The quantitative estimate of drug-likeness (QED) is 0.194. The average Bonchev–Trinajstić information content (AvgIpc) is 3.61. The Kier molecular flexibility index (Phi) is 4.87. The van der Waals surface area contributed by atoms with E-state index in [0.717, 1.165) is 33.4 Å². The van der Waals surface area contributed by atoms with Crippen molar-refractivity contribution in [1.82, 2.24) is 14.5 Å². The molecule has 0 radical (unpaired) electrons. The number of thiophene rings is 1. The third kappa shape index (κ3) is 3.26. The van der Waals surface area contributed by atoms with E-state index in [2.05, 4.69) is 138 Å². The number of para-hydroxylation sites is 1. The Morgan fingerprint density at radius 2 is 1.00 bits per heavy atom. The van der Waals surface area contributed by atoms with E-state index < -0.39 is 0 Å². The van der Waals surface area contributed by atoms with E-state index in [-0.39, 0.29) is 0 Å². The molecule has 44 heavy (non-hydrogen) atoms. The van der Waals surface area contributed by atoms with E-state index in [1.54, 1.807) is 0 Å². The predicted octanol–water partition coefficient (Wildman–Crippen LogP) is 10.9. The summed E-state index contributed by atoms with van der Waals surface area (Å²) in [5, 5.41) is 5.02. The van der Waals surface area contributed by atoms with Crippen molar-refractivity contribution in [3.05, 3.63) is 140 Å². The van der Waals surface area contributed by atoms with Gasteiger partial charge in [0.15, 0.2) is 0 Å². The smallest absolute Gasteiger partial charge is 0.235 e.